The molecule has 0 saturated carbocycles. The molecule has 0 aliphatic carbocycles. The van der Waals surface area contributed by atoms with Gasteiger partial charge in [0.05, 0.1) is 16.6 Å². The van der Waals surface area contributed by atoms with Gasteiger partial charge in [-0.05, 0) is 42.5 Å². The Labute approximate surface area is 144 Å². The summed E-state index contributed by atoms with van der Waals surface area (Å²) in [4.78, 5) is 20.5. The molecule has 25 heavy (non-hydrogen) atoms. The normalized spacial score (nSPS) is 11.5. The zero-order valence-electron chi connectivity index (χ0n) is 14.3. The Hall–Kier alpha value is -3.15. The molecule has 1 amide bonds. The van der Waals surface area contributed by atoms with Gasteiger partial charge < -0.3 is 14.8 Å². The van der Waals surface area contributed by atoms with E-state index in [1.54, 1.807) is 0 Å². The van der Waals surface area contributed by atoms with Gasteiger partial charge in [-0.25, -0.2) is 4.98 Å². The van der Waals surface area contributed by atoms with E-state index < -0.39 is 0 Å². The number of nitrogens with one attached hydrogen (secondary N) is 2. The fourth-order valence-electron chi connectivity index (χ4n) is 2.91. The number of aromatic nitrogens is 3. The Morgan fingerprint density at radius 3 is 2.88 bits per heavy atom. The van der Waals surface area contributed by atoms with Crippen molar-refractivity contribution in [2.24, 2.45) is 0 Å². The predicted molar refractivity (Wildman–Crippen MR) is 96.9 cm³/mol. The first-order valence-electron chi connectivity index (χ1n) is 8.18. The molecule has 0 bridgehead atoms. The summed E-state index contributed by atoms with van der Waals surface area (Å²) in [5.41, 5.74) is 4.08. The van der Waals surface area contributed by atoms with Crippen molar-refractivity contribution in [2.75, 3.05) is 5.32 Å². The van der Waals surface area contributed by atoms with Crippen LogP contribution in [0.25, 0.3) is 22.0 Å². The summed E-state index contributed by atoms with van der Waals surface area (Å²) in [6.07, 6.45) is 1.87. The lowest BCUT2D eigenvalue weighted by Gasteiger charge is -2.10. The molecule has 0 fully saturated rings. The number of benzene rings is 1. The first-order chi connectivity index (χ1) is 12.0. The van der Waals surface area contributed by atoms with E-state index in [1.165, 1.54) is 0 Å². The van der Waals surface area contributed by atoms with E-state index in [0.717, 1.165) is 22.3 Å². The van der Waals surface area contributed by atoms with Crippen molar-refractivity contribution < 1.29 is 9.32 Å². The largest absolute Gasteiger partial charge is 0.361 e. The minimum absolute atomic E-state index is 0.177. The Balaban J connectivity index is 1.76. The summed E-state index contributed by atoms with van der Waals surface area (Å²) in [6.45, 7) is 5.86. The molecule has 0 aliphatic heterocycles. The fraction of sp³-hybridized carbons (Fsp3) is 0.211. The molecule has 4 rings (SSSR count). The number of aryl methyl sites for hydroxylation is 1. The highest BCUT2D eigenvalue weighted by Gasteiger charge is 2.20. The van der Waals surface area contributed by atoms with Crippen molar-refractivity contribution in [3.05, 3.63) is 53.5 Å². The van der Waals surface area contributed by atoms with Gasteiger partial charge in [-0.2, -0.15) is 0 Å². The molecule has 4 aromatic rings. The Morgan fingerprint density at radius 1 is 1.24 bits per heavy atom. The molecule has 2 N–H and O–H groups in total. The molecule has 0 atom stereocenters. The van der Waals surface area contributed by atoms with Gasteiger partial charge >= 0.3 is 0 Å². The minimum atomic E-state index is -0.202. The SMILES string of the molecule is Cc1noc2nc(C(C)C)cc(C(=O)Nc3ccc4cc[nH]c4c3)c12. The number of aromatic amines is 1. The smallest absolute Gasteiger partial charge is 0.259 e. The van der Waals surface area contributed by atoms with Crippen LogP contribution in [0.2, 0.25) is 0 Å². The van der Waals surface area contributed by atoms with Crippen LogP contribution in [0.15, 0.2) is 41.1 Å². The van der Waals surface area contributed by atoms with Crippen molar-refractivity contribution in [3.8, 4) is 0 Å². The van der Waals surface area contributed by atoms with Crippen LogP contribution in [0, 0.1) is 6.92 Å². The molecule has 0 aliphatic rings. The standard InChI is InChI=1S/C19H18N4O2/c1-10(2)15-9-14(17-11(3)23-25-19(17)22-15)18(24)21-13-5-4-12-6-7-20-16(12)8-13/h4-10,20H,1-3H3,(H,21,24). The molecule has 6 nitrogen and oxygen atoms in total. The summed E-state index contributed by atoms with van der Waals surface area (Å²) >= 11 is 0. The molecule has 6 heteroatoms. The zero-order valence-corrected chi connectivity index (χ0v) is 14.3. The number of hydrogen-bond donors (Lipinski definition) is 2. The van der Waals surface area contributed by atoms with Crippen LogP contribution in [-0.4, -0.2) is 21.0 Å². The maximum atomic E-state index is 12.9. The quantitative estimate of drug-likeness (QED) is 0.582. The highest BCUT2D eigenvalue weighted by atomic mass is 16.5. The average molecular weight is 334 g/mol. The lowest BCUT2D eigenvalue weighted by molar-refractivity contribution is 0.102. The van der Waals surface area contributed by atoms with Gasteiger partial charge in [0.2, 0.25) is 0 Å². The maximum Gasteiger partial charge on any atom is 0.259 e. The molecule has 0 saturated heterocycles. The Bertz CT molecular complexity index is 1090. The zero-order chi connectivity index (χ0) is 17.6. The molecule has 0 spiro atoms. The molecular formula is C19H18N4O2. The van der Waals surface area contributed by atoms with Crippen LogP contribution < -0.4 is 5.32 Å². The van der Waals surface area contributed by atoms with Crippen molar-refractivity contribution >= 4 is 33.6 Å². The lowest BCUT2D eigenvalue weighted by atomic mass is 10.0. The Morgan fingerprint density at radius 2 is 2.08 bits per heavy atom. The van der Waals surface area contributed by atoms with E-state index in [1.807, 2.05) is 57.3 Å². The van der Waals surface area contributed by atoms with E-state index >= 15 is 0 Å². The number of rotatable bonds is 3. The number of hydrogen-bond acceptors (Lipinski definition) is 4. The van der Waals surface area contributed by atoms with Gasteiger partial charge in [-0.1, -0.05) is 25.1 Å². The molecule has 0 unspecified atom stereocenters. The Kier molecular flexibility index (Phi) is 3.53. The van der Waals surface area contributed by atoms with E-state index in [-0.39, 0.29) is 11.8 Å². The summed E-state index contributed by atoms with van der Waals surface area (Å²) < 4.78 is 5.28. The third kappa shape index (κ3) is 2.65. The van der Waals surface area contributed by atoms with Gasteiger partial charge in [0.25, 0.3) is 11.6 Å². The molecule has 126 valence electrons. The van der Waals surface area contributed by atoms with Crippen molar-refractivity contribution in [2.45, 2.75) is 26.7 Å². The number of H-pyrrole nitrogens is 1. The topological polar surface area (TPSA) is 83.8 Å². The third-order valence-electron chi connectivity index (χ3n) is 4.29. The van der Waals surface area contributed by atoms with E-state index in [2.05, 4.69) is 20.4 Å². The molecule has 0 radical (unpaired) electrons. The second-order valence-electron chi connectivity index (χ2n) is 6.43. The summed E-state index contributed by atoms with van der Waals surface area (Å²) in [7, 11) is 0. The lowest BCUT2D eigenvalue weighted by Crippen LogP contribution is -2.13. The number of anilines is 1. The highest BCUT2D eigenvalue weighted by molar-refractivity contribution is 6.12. The van der Waals surface area contributed by atoms with E-state index in [9.17, 15) is 4.79 Å². The molecular weight excluding hydrogens is 316 g/mol. The number of nitrogens with zero attached hydrogens (tertiary/aromatic N) is 2. The molecule has 1 aromatic carbocycles. The average Bonchev–Trinajstić information content (AvgIpc) is 3.20. The number of carbonyl (C=O) groups is 1. The number of carbonyl (C=O) groups excluding carboxylic acids is 1. The van der Waals surface area contributed by atoms with Gasteiger partial charge in [-0.15, -0.1) is 0 Å². The second-order valence-corrected chi connectivity index (χ2v) is 6.43. The van der Waals surface area contributed by atoms with Crippen molar-refractivity contribution in [1.29, 1.82) is 0 Å². The van der Waals surface area contributed by atoms with Gasteiger partial charge in [0, 0.05) is 23.1 Å². The van der Waals surface area contributed by atoms with E-state index in [4.69, 9.17) is 4.52 Å². The fourth-order valence-corrected chi connectivity index (χ4v) is 2.91. The maximum absolute atomic E-state index is 12.9. The second kappa shape index (κ2) is 5.73. The molecule has 3 aromatic heterocycles. The van der Waals surface area contributed by atoms with Crippen LogP contribution in [-0.2, 0) is 0 Å². The highest BCUT2D eigenvalue weighted by Crippen LogP contribution is 2.26. The van der Waals surface area contributed by atoms with Gasteiger partial charge in [0.1, 0.15) is 0 Å². The number of pyridine rings is 1. The van der Waals surface area contributed by atoms with E-state index in [0.29, 0.717) is 22.4 Å². The minimum Gasteiger partial charge on any atom is -0.361 e. The van der Waals surface area contributed by atoms with Gasteiger partial charge in [0.15, 0.2) is 0 Å². The summed E-state index contributed by atoms with van der Waals surface area (Å²) in [6, 6.07) is 9.57. The predicted octanol–water partition coefficient (Wildman–Crippen LogP) is 4.39. The first kappa shape index (κ1) is 15.4. The van der Waals surface area contributed by atoms with Crippen LogP contribution in [0.4, 0.5) is 5.69 Å². The number of amides is 1. The van der Waals surface area contributed by atoms with Crippen LogP contribution in [0.3, 0.4) is 0 Å². The van der Waals surface area contributed by atoms with Crippen LogP contribution in [0.1, 0.15) is 41.5 Å². The van der Waals surface area contributed by atoms with Gasteiger partial charge in [-0.3, -0.25) is 4.79 Å². The third-order valence-corrected chi connectivity index (χ3v) is 4.29. The molecule has 3 heterocycles. The van der Waals surface area contributed by atoms with Crippen molar-refractivity contribution in [3.63, 3.8) is 0 Å². The first-order valence-corrected chi connectivity index (χ1v) is 8.18. The van der Waals surface area contributed by atoms with Crippen LogP contribution >= 0.6 is 0 Å². The van der Waals surface area contributed by atoms with Crippen LogP contribution in [0.5, 0.6) is 0 Å². The summed E-state index contributed by atoms with van der Waals surface area (Å²) in [5, 5.41) is 8.67. The number of fused-ring (bicyclic) bond motifs is 2. The summed E-state index contributed by atoms with van der Waals surface area (Å²) in [5.74, 6) is -0.0249. The van der Waals surface area contributed by atoms with Crippen molar-refractivity contribution in [1.82, 2.24) is 15.1 Å². The monoisotopic (exact) mass is 334 g/mol.